The smallest absolute Gasteiger partial charge is 0.207 e. The van der Waals surface area contributed by atoms with Crippen molar-refractivity contribution in [3.8, 4) is 17.2 Å². The van der Waals surface area contributed by atoms with Crippen LogP contribution in [0.5, 0.6) is 17.2 Å². The summed E-state index contributed by atoms with van der Waals surface area (Å²) in [6.45, 7) is 3.75. The summed E-state index contributed by atoms with van der Waals surface area (Å²) in [7, 11) is 1.75. The summed E-state index contributed by atoms with van der Waals surface area (Å²) in [5.74, 6) is 2.19. The van der Waals surface area contributed by atoms with E-state index in [0.717, 1.165) is 22.4 Å². The van der Waals surface area contributed by atoms with E-state index in [-0.39, 0.29) is 0 Å². The average Bonchev–Trinajstić information content (AvgIpc) is 2.91. The van der Waals surface area contributed by atoms with Crippen LogP contribution >= 0.6 is 14.1 Å². The molecule has 7 nitrogen and oxygen atoms in total. The topological polar surface area (TPSA) is 58.9 Å². The van der Waals surface area contributed by atoms with E-state index in [2.05, 4.69) is 16.8 Å². The Hall–Kier alpha value is -2.96. The van der Waals surface area contributed by atoms with Crippen molar-refractivity contribution in [3.05, 3.63) is 96.1 Å². The van der Waals surface area contributed by atoms with Crippen LogP contribution in [0.2, 0.25) is 0 Å². The van der Waals surface area contributed by atoms with E-state index in [1.165, 1.54) is 0 Å². The second kappa shape index (κ2) is 14.0. The van der Waals surface area contributed by atoms with Gasteiger partial charge in [-0.15, -0.1) is 0 Å². The summed E-state index contributed by atoms with van der Waals surface area (Å²) in [6, 6.07) is 22.7. The Balaban J connectivity index is 1.50. The van der Waals surface area contributed by atoms with Crippen molar-refractivity contribution >= 4 is 56.3 Å². The first-order valence-corrected chi connectivity index (χ1v) is 15.8. The zero-order valence-corrected chi connectivity index (χ0v) is 23.8. The molecule has 188 valence electrons. The Morgan fingerprint density at radius 3 is 1.39 bits per heavy atom. The van der Waals surface area contributed by atoms with Crippen molar-refractivity contribution in [1.29, 1.82) is 0 Å². The van der Waals surface area contributed by atoms with Crippen LogP contribution < -0.4 is 13.8 Å². The molecule has 0 aliphatic heterocycles. The molecule has 0 N–H and O–H groups in total. The van der Waals surface area contributed by atoms with E-state index < -0.39 is 14.1 Å². The fourth-order valence-corrected chi connectivity index (χ4v) is 4.82. The number of nitrogens with zero attached hydrogens (tertiary/aromatic N) is 4. The molecule has 0 radical (unpaired) electrons. The highest BCUT2D eigenvalue weighted by atomic mass is 32.4. The maximum absolute atomic E-state index is 5.92. The molecule has 2 unspecified atom stereocenters. The van der Waals surface area contributed by atoms with E-state index >= 15 is 0 Å². The van der Waals surface area contributed by atoms with E-state index in [0.29, 0.717) is 11.5 Å². The summed E-state index contributed by atoms with van der Waals surface area (Å²) >= 11 is 11.0. The second-order valence-corrected chi connectivity index (χ2v) is 12.2. The van der Waals surface area contributed by atoms with Gasteiger partial charge in [0.1, 0.15) is 17.2 Å². The van der Waals surface area contributed by atoms with Gasteiger partial charge in [-0.25, -0.2) is 9.56 Å². The minimum absolute atomic E-state index is 0.676. The van der Waals surface area contributed by atoms with E-state index in [1.807, 2.05) is 86.9 Å². The Morgan fingerprint density at radius 2 is 1.03 bits per heavy atom. The number of rotatable bonds is 12. The molecule has 0 saturated heterocycles. The standard InChI is InChI=1S/C25H28N4O3P2S2/c1-5-20-6-14-24(15-7-20)31-33(35)29(3)27-19-22-10-16-25(17-11-22)32-34(36)28(2)26-18-21-8-12-23(30-4)13-9-21/h5-19,33-34H,1H2,2-4H3/b26-18+,27-19+. The van der Waals surface area contributed by atoms with Crippen LogP contribution in [0, 0.1) is 0 Å². The quantitative estimate of drug-likeness (QED) is 0.153. The average molecular weight is 559 g/mol. The Morgan fingerprint density at radius 1 is 0.667 bits per heavy atom. The van der Waals surface area contributed by atoms with Gasteiger partial charge < -0.3 is 13.8 Å². The molecular weight excluding hydrogens is 530 g/mol. The van der Waals surface area contributed by atoms with Crippen LogP contribution in [-0.2, 0) is 23.6 Å². The molecule has 0 aliphatic rings. The van der Waals surface area contributed by atoms with Gasteiger partial charge in [0.25, 0.3) is 0 Å². The highest BCUT2D eigenvalue weighted by molar-refractivity contribution is 8.02. The lowest BCUT2D eigenvalue weighted by Crippen LogP contribution is -2.04. The summed E-state index contributed by atoms with van der Waals surface area (Å²) in [5, 5.41) is 8.83. The van der Waals surface area contributed by atoms with E-state index in [9.17, 15) is 0 Å². The predicted octanol–water partition coefficient (Wildman–Crippen LogP) is 6.04. The third-order valence-corrected chi connectivity index (χ3v) is 9.00. The number of ether oxygens (including phenoxy) is 1. The van der Waals surface area contributed by atoms with Crippen LogP contribution in [0.4, 0.5) is 0 Å². The Kier molecular flexibility index (Phi) is 10.7. The lowest BCUT2D eigenvalue weighted by Gasteiger charge is -2.17. The van der Waals surface area contributed by atoms with Gasteiger partial charge in [-0.3, -0.25) is 0 Å². The van der Waals surface area contributed by atoms with E-state index in [1.54, 1.807) is 35.2 Å². The van der Waals surface area contributed by atoms with Crippen LogP contribution in [0.1, 0.15) is 16.7 Å². The van der Waals surface area contributed by atoms with Gasteiger partial charge in [0.05, 0.1) is 19.5 Å². The first-order chi connectivity index (χ1) is 17.4. The highest BCUT2D eigenvalue weighted by Gasteiger charge is 2.05. The summed E-state index contributed by atoms with van der Waals surface area (Å²) in [4.78, 5) is 0. The molecule has 0 bridgehead atoms. The molecule has 0 saturated carbocycles. The molecule has 3 aromatic carbocycles. The second-order valence-electron chi connectivity index (χ2n) is 7.39. The van der Waals surface area contributed by atoms with Gasteiger partial charge in [-0.05, 0) is 101 Å². The zero-order valence-electron chi connectivity index (χ0n) is 20.2. The molecule has 0 heterocycles. The van der Waals surface area contributed by atoms with Crippen LogP contribution in [0.15, 0.2) is 89.6 Å². The largest absolute Gasteiger partial charge is 0.497 e. The third kappa shape index (κ3) is 8.61. The molecule has 0 fully saturated rings. The predicted molar refractivity (Wildman–Crippen MR) is 159 cm³/mol. The lowest BCUT2D eigenvalue weighted by molar-refractivity contribution is 0.415. The Bertz CT molecular complexity index is 1250. The van der Waals surface area contributed by atoms with Gasteiger partial charge in [-0.2, -0.15) is 10.2 Å². The number of hydrogen-bond donors (Lipinski definition) is 0. The van der Waals surface area contributed by atoms with Gasteiger partial charge in [0.15, 0.2) is 0 Å². The van der Waals surface area contributed by atoms with Crippen LogP contribution in [0.3, 0.4) is 0 Å². The van der Waals surface area contributed by atoms with Crippen LogP contribution in [-0.4, -0.2) is 43.2 Å². The minimum Gasteiger partial charge on any atom is -0.497 e. The van der Waals surface area contributed by atoms with Crippen molar-refractivity contribution in [2.45, 2.75) is 0 Å². The van der Waals surface area contributed by atoms with Crippen molar-refractivity contribution < 1.29 is 13.8 Å². The SMILES string of the molecule is C=Cc1ccc(O[PH](=S)N(C)/N=C/c2ccc(O[PH](=S)N(C)/N=C/c3ccc(OC)cc3)cc2)cc1. The molecule has 36 heavy (non-hydrogen) atoms. The van der Waals surface area contributed by atoms with E-state index in [4.69, 9.17) is 37.4 Å². The first-order valence-electron chi connectivity index (χ1n) is 10.8. The summed E-state index contributed by atoms with van der Waals surface area (Å²) < 4.78 is 20.3. The number of hydrogen-bond acceptors (Lipinski definition) is 7. The molecule has 3 rings (SSSR count). The molecule has 2 atom stereocenters. The summed E-state index contributed by atoms with van der Waals surface area (Å²) in [6.07, 6.45) is 5.25. The molecule has 11 heteroatoms. The van der Waals surface area contributed by atoms with Crippen molar-refractivity contribution in [3.63, 3.8) is 0 Å². The maximum Gasteiger partial charge on any atom is 0.207 e. The zero-order chi connectivity index (χ0) is 25.9. The van der Waals surface area contributed by atoms with Crippen molar-refractivity contribution in [2.24, 2.45) is 10.2 Å². The van der Waals surface area contributed by atoms with Gasteiger partial charge >= 0.3 is 0 Å². The monoisotopic (exact) mass is 558 g/mol. The number of benzene rings is 3. The molecular formula is C25H28N4O3P2S2. The first kappa shape index (κ1) is 27.6. The fraction of sp³-hybridized carbons (Fsp3) is 0.120. The number of methoxy groups -OCH3 is 1. The van der Waals surface area contributed by atoms with Gasteiger partial charge in [0, 0.05) is 14.1 Å². The van der Waals surface area contributed by atoms with Gasteiger partial charge in [0.2, 0.25) is 14.1 Å². The molecule has 3 aromatic rings. The van der Waals surface area contributed by atoms with Crippen LogP contribution in [0.25, 0.3) is 6.08 Å². The van der Waals surface area contributed by atoms with Crippen molar-refractivity contribution in [2.75, 3.05) is 21.2 Å². The maximum atomic E-state index is 5.92. The van der Waals surface area contributed by atoms with Crippen molar-refractivity contribution in [1.82, 2.24) is 9.56 Å². The lowest BCUT2D eigenvalue weighted by atomic mass is 10.2. The molecule has 0 aliphatic carbocycles. The fourth-order valence-electron chi connectivity index (χ4n) is 2.72. The third-order valence-electron chi connectivity index (χ3n) is 4.81. The normalized spacial score (nSPS) is 12.8. The Labute approximate surface area is 223 Å². The number of hydrazone groups is 2. The molecule has 0 aromatic heterocycles. The molecule has 0 amide bonds. The molecule has 0 spiro atoms. The highest BCUT2D eigenvalue weighted by Crippen LogP contribution is 2.32. The minimum atomic E-state index is -1.76. The summed E-state index contributed by atoms with van der Waals surface area (Å²) in [5.41, 5.74) is 2.87. The van der Waals surface area contributed by atoms with Gasteiger partial charge in [-0.1, -0.05) is 24.8 Å².